The Hall–Kier alpha value is -4.66. The largest absolute Gasteiger partial charge is 0.507 e. The maximum Gasteiger partial charge on any atom is 0.308 e. The topological polar surface area (TPSA) is 102 Å². The molecule has 4 rings (SSSR count). The van der Waals surface area contributed by atoms with Crippen LogP contribution in [0.1, 0.15) is 24.1 Å². The molecule has 0 spiro atoms. The van der Waals surface area contributed by atoms with E-state index in [9.17, 15) is 23.9 Å². The minimum absolute atomic E-state index is 0.0913. The van der Waals surface area contributed by atoms with E-state index in [1.54, 1.807) is 42.5 Å². The van der Waals surface area contributed by atoms with Crippen molar-refractivity contribution >= 4 is 29.1 Å². The lowest BCUT2D eigenvalue weighted by atomic mass is 9.94. The van der Waals surface area contributed by atoms with Crippen molar-refractivity contribution in [3.63, 3.8) is 0 Å². The Morgan fingerprint density at radius 1 is 0.944 bits per heavy atom. The van der Waals surface area contributed by atoms with Crippen LogP contribution in [0.5, 0.6) is 17.2 Å². The zero-order chi connectivity index (χ0) is 26.0. The molecule has 1 aliphatic heterocycles. The van der Waals surface area contributed by atoms with Gasteiger partial charge in [0.2, 0.25) is 0 Å². The number of benzene rings is 3. The molecular formula is C27H22FNO7. The number of hydrogen-bond donors (Lipinski definition) is 1. The number of methoxy groups -OCH3 is 2. The molecule has 0 aromatic heterocycles. The van der Waals surface area contributed by atoms with E-state index >= 15 is 0 Å². The molecule has 1 heterocycles. The second-order valence-corrected chi connectivity index (χ2v) is 7.88. The third kappa shape index (κ3) is 4.50. The van der Waals surface area contributed by atoms with Crippen molar-refractivity contribution in [3.8, 4) is 17.2 Å². The van der Waals surface area contributed by atoms with E-state index in [4.69, 9.17) is 14.2 Å². The van der Waals surface area contributed by atoms with Crippen LogP contribution in [-0.4, -0.2) is 37.0 Å². The number of aliphatic hydroxyl groups excluding tert-OH is 1. The van der Waals surface area contributed by atoms with Crippen molar-refractivity contribution in [1.82, 2.24) is 0 Å². The molecule has 0 radical (unpaired) electrons. The molecular weight excluding hydrogens is 469 g/mol. The van der Waals surface area contributed by atoms with Crippen molar-refractivity contribution in [2.75, 3.05) is 19.1 Å². The molecule has 1 N–H and O–H groups in total. The summed E-state index contributed by atoms with van der Waals surface area (Å²) in [4.78, 5) is 39.3. The van der Waals surface area contributed by atoms with Gasteiger partial charge in [0.1, 0.15) is 28.8 Å². The lowest BCUT2D eigenvalue weighted by molar-refractivity contribution is -0.132. The van der Waals surface area contributed by atoms with Crippen LogP contribution in [0.3, 0.4) is 0 Å². The van der Waals surface area contributed by atoms with Crippen LogP contribution in [-0.2, 0) is 14.4 Å². The molecule has 8 nitrogen and oxygen atoms in total. The van der Waals surface area contributed by atoms with Crippen LogP contribution in [0, 0.1) is 5.82 Å². The van der Waals surface area contributed by atoms with Gasteiger partial charge in [0.15, 0.2) is 0 Å². The first-order valence-electron chi connectivity index (χ1n) is 10.8. The summed E-state index contributed by atoms with van der Waals surface area (Å²) in [6, 6.07) is 15.0. The Labute approximate surface area is 206 Å². The molecule has 1 fully saturated rings. The molecule has 0 bridgehead atoms. The average Bonchev–Trinajstić information content (AvgIpc) is 3.13. The van der Waals surface area contributed by atoms with E-state index in [2.05, 4.69) is 0 Å². The van der Waals surface area contributed by atoms with Gasteiger partial charge in [-0.15, -0.1) is 0 Å². The first-order valence-corrected chi connectivity index (χ1v) is 10.8. The molecule has 1 saturated heterocycles. The molecule has 0 saturated carbocycles. The smallest absolute Gasteiger partial charge is 0.308 e. The highest BCUT2D eigenvalue weighted by atomic mass is 19.1. The predicted octanol–water partition coefficient (Wildman–Crippen LogP) is 4.39. The third-order valence-corrected chi connectivity index (χ3v) is 5.65. The van der Waals surface area contributed by atoms with Crippen molar-refractivity contribution in [1.29, 1.82) is 0 Å². The van der Waals surface area contributed by atoms with Crippen molar-refractivity contribution in [2.24, 2.45) is 0 Å². The Morgan fingerprint density at radius 3 is 2.31 bits per heavy atom. The Morgan fingerprint density at radius 2 is 1.67 bits per heavy atom. The number of carbonyl (C=O) groups is 3. The number of anilines is 1. The first kappa shape index (κ1) is 24.5. The molecule has 0 aliphatic carbocycles. The lowest BCUT2D eigenvalue weighted by Crippen LogP contribution is -2.29. The van der Waals surface area contributed by atoms with Gasteiger partial charge in [-0.2, -0.15) is 0 Å². The first-order chi connectivity index (χ1) is 17.2. The zero-order valence-electron chi connectivity index (χ0n) is 19.7. The van der Waals surface area contributed by atoms with E-state index in [0.29, 0.717) is 17.0 Å². The standard InChI is InChI=1S/C27H22FNO7/c1-15(30)36-20-6-4-5-16(13-20)24-23(25(31)21-14-17(28)7-12-22(21)35-3)26(32)27(33)29(24)18-8-10-19(34-2)11-9-18/h4-14,24,31H,1-3H3/b25-23+. The second kappa shape index (κ2) is 9.91. The van der Waals surface area contributed by atoms with Crippen LogP contribution in [0.25, 0.3) is 5.76 Å². The van der Waals surface area contributed by atoms with Crippen LogP contribution < -0.4 is 19.1 Å². The summed E-state index contributed by atoms with van der Waals surface area (Å²) in [5, 5.41) is 11.3. The average molecular weight is 491 g/mol. The zero-order valence-corrected chi connectivity index (χ0v) is 19.7. The van der Waals surface area contributed by atoms with E-state index in [0.717, 1.165) is 12.1 Å². The van der Waals surface area contributed by atoms with E-state index in [1.807, 2.05) is 0 Å². The highest BCUT2D eigenvalue weighted by Gasteiger charge is 2.47. The lowest BCUT2D eigenvalue weighted by Gasteiger charge is -2.26. The molecule has 1 unspecified atom stereocenters. The number of ether oxygens (including phenoxy) is 3. The number of esters is 1. The number of hydrogen-bond acceptors (Lipinski definition) is 7. The minimum atomic E-state index is -1.12. The molecule has 36 heavy (non-hydrogen) atoms. The van der Waals surface area contributed by atoms with Crippen molar-refractivity contribution in [3.05, 3.63) is 89.2 Å². The van der Waals surface area contributed by atoms with Gasteiger partial charge in [0.25, 0.3) is 11.7 Å². The number of carbonyl (C=O) groups excluding carboxylic acids is 3. The third-order valence-electron chi connectivity index (χ3n) is 5.65. The van der Waals surface area contributed by atoms with Crippen LogP contribution in [0.2, 0.25) is 0 Å². The minimum Gasteiger partial charge on any atom is -0.507 e. The highest BCUT2D eigenvalue weighted by Crippen LogP contribution is 2.44. The summed E-state index contributed by atoms with van der Waals surface area (Å²) >= 11 is 0. The Bertz CT molecular complexity index is 1380. The summed E-state index contributed by atoms with van der Waals surface area (Å²) in [6.07, 6.45) is 0. The van der Waals surface area contributed by atoms with Gasteiger partial charge in [-0.05, 0) is 60.2 Å². The number of rotatable bonds is 6. The second-order valence-electron chi connectivity index (χ2n) is 7.88. The fraction of sp³-hybridized carbons (Fsp3) is 0.148. The van der Waals surface area contributed by atoms with Gasteiger partial charge in [-0.3, -0.25) is 19.3 Å². The fourth-order valence-corrected chi connectivity index (χ4v) is 4.08. The van der Waals surface area contributed by atoms with Gasteiger partial charge >= 0.3 is 5.97 Å². The molecule has 1 atom stereocenters. The summed E-state index contributed by atoms with van der Waals surface area (Å²) in [6.45, 7) is 1.24. The number of nitrogens with zero attached hydrogens (tertiary/aromatic N) is 1. The summed E-state index contributed by atoms with van der Waals surface area (Å²) in [5.41, 5.74) is 0.359. The highest BCUT2D eigenvalue weighted by molar-refractivity contribution is 6.51. The van der Waals surface area contributed by atoms with Gasteiger partial charge in [-0.25, -0.2) is 4.39 Å². The summed E-state index contributed by atoms with van der Waals surface area (Å²) < 4.78 is 29.7. The SMILES string of the molecule is COc1ccc(N2C(=O)C(=O)/C(=C(/O)c3cc(F)ccc3OC)C2c2cccc(OC(C)=O)c2)cc1. The maximum absolute atomic E-state index is 14.1. The van der Waals surface area contributed by atoms with Gasteiger partial charge in [-0.1, -0.05) is 12.1 Å². The number of halogens is 1. The summed E-state index contributed by atoms with van der Waals surface area (Å²) in [7, 11) is 2.83. The monoisotopic (exact) mass is 491 g/mol. The van der Waals surface area contributed by atoms with Crippen molar-refractivity contribution in [2.45, 2.75) is 13.0 Å². The molecule has 3 aromatic carbocycles. The van der Waals surface area contributed by atoms with Gasteiger partial charge in [0.05, 0.1) is 31.4 Å². The van der Waals surface area contributed by atoms with Crippen LogP contribution >= 0.6 is 0 Å². The Balaban J connectivity index is 1.97. The molecule has 1 amide bonds. The summed E-state index contributed by atoms with van der Waals surface area (Å²) in [5.74, 6) is -2.88. The maximum atomic E-state index is 14.1. The van der Waals surface area contributed by atoms with Crippen LogP contribution in [0.15, 0.2) is 72.3 Å². The normalized spacial score (nSPS) is 16.7. The number of ketones is 1. The number of Topliss-reactive ketones (excluding diaryl/α,β-unsaturated/α-hetero) is 1. The molecule has 184 valence electrons. The van der Waals surface area contributed by atoms with E-state index in [1.165, 1.54) is 38.2 Å². The van der Waals surface area contributed by atoms with Gasteiger partial charge in [0, 0.05) is 12.6 Å². The van der Waals surface area contributed by atoms with E-state index < -0.39 is 35.3 Å². The predicted molar refractivity (Wildman–Crippen MR) is 128 cm³/mol. The molecule has 9 heteroatoms. The van der Waals surface area contributed by atoms with Crippen molar-refractivity contribution < 1.29 is 38.1 Å². The number of aliphatic hydroxyl groups is 1. The van der Waals surface area contributed by atoms with Gasteiger partial charge < -0.3 is 19.3 Å². The quantitative estimate of drug-likeness (QED) is 0.179. The van der Waals surface area contributed by atoms with E-state index in [-0.39, 0.29) is 22.6 Å². The molecule has 1 aliphatic rings. The fourth-order valence-electron chi connectivity index (χ4n) is 4.08. The number of amides is 1. The Kier molecular flexibility index (Phi) is 6.73. The molecule has 3 aromatic rings. The van der Waals surface area contributed by atoms with Crippen LogP contribution in [0.4, 0.5) is 10.1 Å².